The van der Waals surface area contributed by atoms with Gasteiger partial charge in [-0.05, 0) is 126 Å². The molecular formula is C40H50Cl2N6O4. The average molecular weight is 750 g/mol. The predicted molar refractivity (Wildman–Crippen MR) is 204 cm³/mol. The lowest BCUT2D eigenvalue weighted by Crippen LogP contribution is -2.19. The van der Waals surface area contributed by atoms with Crippen LogP contribution in [0.15, 0.2) is 73.3 Å². The number of ether oxygens (including phenoxy) is 3. The smallest absolute Gasteiger partial charge is 0.140 e. The lowest BCUT2D eigenvalue weighted by atomic mass is 9.98. The molecule has 278 valence electrons. The molecule has 7 rings (SSSR count). The van der Waals surface area contributed by atoms with E-state index in [1.54, 1.807) is 30.7 Å². The third-order valence-electron chi connectivity index (χ3n) is 8.83. The van der Waals surface area contributed by atoms with Crippen molar-refractivity contribution in [2.75, 3.05) is 0 Å². The molecule has 3 aliphatic rings. The van der Waals surface area contributed by atoms with Gasteiger partial charge in [0.25, 0.3) is 0 Å². The number of nitrogens with zero attached hydrogens (tertiary/aromatic N) is 5. The van der Waals surface area contributed by atoms with E-state index in [1.165, 1.54) is 102 Å². The minimum absolute atomic E-state index is 0.134. The van der Waals surface area contributed by atoms with Gasteiger partial charge in [-0.1, -0.05) is 42.5 Å². The van der Waals surface area contributed by atoms with Gasteiger partial charge in [0.1, 0.15) is 45.1 Å². The zero-order valence-electron chi connectivity index (χ0n) is 29.7. The van der Waals surface area contributed by atoms with Crippen LogP contribution in [0.3, 0.4) is 0 Å². The molecule has 4 aromatic rings. The van der Waals surface area contributed by atoms with Gasteiger partial charge in [0.05, 0.1) is 48.8 Å². The van der Waals surface area contributed by atoms with Gasteiger partial charge in [-0.15, -0.1) is 0 Å². The first-order valence-corrected chi connectivity index (χ1v) is 19.1. The van der Waals surface area contributed by atoms with E-state index < -0.39 is 0 Å². The number of halogens is 2. The summed E-state index contributed by atoms with van der Waals surface area (Å²) in [5, 5.41) is 18.1. The summed E-state index contributed by atoms with van der Waals surface area (Å²) in [6, 6.07) is 16.0. The Hall–Kier alpha value is -4.17. The molecule has 0 bridgehead atoms. The van der Waals surface area contributed by atoms with Crippen LogP contribution in [0.5, 0.6) is 23.0 Å². The summed E-state index contributed by atoms with van der Waals surface area (Å²) in [5.74, 6) is 2.62. The molecule has 0 aromatic carbocycles. The van der Waals surface area contributed by atoms with Gasteiger partial charge in [-0.2, -0.15) is 5.26 Å². The molecule has 0 spiro atoms. The number of nitriles is 1. The van der Waals surface area contributed by atoms with Crippen LogP contribution >= 0.6 is 23.2 Å². The van der Waals surface area contributed by atoms with Crippen molar-refractivity contribution in [2.45, 2.75) is 121 Å². The maximum atomic E-state index is 8.64. The maximum absolute atomic E-state index is 8.64. The van der Waals surface area contributed by atoms with Crippen molar-refractivity contribution in [3.8, 4) is 29.1 Å². The normalized spacial score (nSPS) is 16.3. The van der Waals surface area contributed by atoms with Gasteiger partial charge in [0.15, 0.2) is 0 Å². The Morgan fingerprint density at radius 3 is 1.33 bits per heavy atom. The second kappa shape index (κ2) is 23.4. The Balaban J connectivity index is 0.000000159. The Kier molecular flexibility index (Phi) is 18.3. The number of pyridine rings is 4. The van der Waals surface area contributed by atoms with Crippen molar-refractivity contribution >= 4 is 23.2 Å². The summed E-state index contributed by atoms with van der Waals surface area (Å²) < 4.78 is 17.4. The SMILES string of the molecule is Clc1ccc(OC2CCCCC2)cn1.N#Cc1ccc(OC2CCCCC2)cn1.NCc1ccc(OC2CCCCC2)cn1.Oc1ccc(Cl)nc1. The summed E-state index contributed by atoms with van der Waals surface area (Å²) >= 11 is 11.1. The highest BCUT2D eigenvalue weighted by Gasteiger charge is 2.16. The van der Waals surface area contributed by atoms with Gasteiger partial charge >= 0.3 is 0 Å². The predicted octanol–water partition coefficient (Wildman–Crippen LogP) is 9.80. The highest BCUT2D eigenvalue weighted by molar-refractivity contribution is 6.29. The Morgan fingerprint density at radius 2 is 1.00 bits per heavy atom. The standard InChI is InChI=1S/C12H18N2O.C12H14N2O.C11H14ClNO.C5H4ClNO/c2*13-8-10-6-7-12(9-14-10)15-11-4-2-1-3-5-11;12-11-7-6-10(8-13-11)14-9-4-2-1-3-5-9;6-5-2-1-4(8)3-7-5/h6-7,9,11H,1-5,8,13H2;6-7,9,11H,1-5H2;6-9H,1-5H2;1-3,8H. The molecule has 0 atom stereocenters. The minimum Gasteiger partial charge on any atom is -0.506 e. The number of hydrogen-bond donors (Lipinski definition) is 2. The van der Waals surface area contributed by atoms with Crippen molar-refractivity contribution in [3.05, 3.63) is 95.0 Å². The van der Waals surface area contributed by atoms with Crippen LogP contribution in [-0.2, 0) is 6.54 Å². The van der Waals surface area contributed by atoms with E-state index in [-0.39, 0.29) is 5.75 Å². The molecule has 4 heterocycles. The van der Waals surface area contributed by atoms with Crippen LogP contribution < -0.4 is 19.9 Å². The van der Waals surface area contributed by atoms with E-state index in [0.717, 1.165) is 35.8 Å². The second-order valence-electron chi connectivity index (χ2n) is 13.0. The summed E-state index contributed by atoms with van der Waals surface area (Å²) in [4.78, 5) is 15.8. The van der Waals surface area contributed by atoms with Crippen LogP contribution in [-0.4, -0.2) is 43.4 Å². The molecule has 0 unspecified atom stereocenters. The second-order valence-corrected chi connectivity index (χ2v) is 13.7. The van der Waals surface area contributed by atoms with Crippen molar-refractivity contribution in [2.24, 2.45) is 5.73 Å². The third-order valence-corrected chi connectivity index (χ3v) is 9.28. The molecule has 3 fully saturated rings. The van der Waals surface area contributed by atoms with Crippen molar-refractivity contribution in [1.29, 1.82) is 5.26 Å². The van der Waals surface area contributed by atoms with Gasteiger partial charge in [0, 0.05) is 6.54 Å². The van der Waals surface area contributed by atoms with Gasteiger partial charge in [0.2, 0.25) is 0 Å². The van der Waals surface area contributed by atoms with E-state index in [0.29, 0.717) is 40.9 Å². The van der Waals surface area contributed by atoms with Gasteiger partial charge in [-0.25, -0.2) is 15.0 Å². The molecular weight excluding hydrogens is 699 g/mol. The lowest BCUT2D eigenvalue weighted by Gasteiger charge is -2.22. The van der Waals surface area contributed by atoms with Gasteiger partial charge < -0.3 is 25.1 Å². The number of nitrogens with two attached hydrogens (primary N) is 1. The summed E-state index contributed by atoms with van der Waals surface area (Å²) in [7, 11) is 0. The zero-order chi connectivity index (χ0) is 36.8. The van der Waals surface area contributed by atoms with Crippen LogP contribution in [0.4, 0.5) is 0 Å². The van der Waals surface area contributed by atoms with Crippen molar-refractivity contribution < 1.29 is 19.3 Å². The molecule has 4 aromatic heterocycles. The lowest BCUT2D eigenvalue weighted by molar-refractivity contribution is 0.154. The molecule has 3 N–H and O–H groups in total. The summed E-state index contributed by atoms with van der Waals surface area (Å²) in [6.07, 6.45) is 26.2. The first-order valence-electron chi connectivity index (χ1n) is 18.3. The van der Waals surface area contributed by atoms with Crippen LogP contribution in [0.25, 0.3) is 0 Å². The molecule has 12 heteroatoms. The molecule has 0 radical (unpaired) electrons. The fourth-order valence-corrected chi connectivity index (χ4v) is 6.27. The number of aromatic nitrogens is 4. The molecule has 3 saturated carbocycles. The molecule has 3 aliphatic carbocycles. The van der Waals surface area contributed by atoms with Crippen LogP contribution in [0, 0.1) is 11.3 Å². The number of aromatic hydroxyl groups is 1. The number of hydrogen-bond acceptors (Lipinski definition) is 10. The largest absolute Gasteiger partial charge is 0.506 e. The highest BCUT2D eigenvalue weighted by atomic mass is 35.5. The fourth-order valence-electron chi connectivity index (χ4n) is 6.04. The third kappa shape index (κ3) is 16.0. The van der Waals surface area contributed by atoms with Crippen LogP contribution in [0.1, 0.15) is 108 Å². The van der Waals surface area contributed by atoms with Crippen molar-refractivity contribution in [3.63, 3.8) is 0 Å². The minimum atomic E-state index is 0.134. The Bertz CT molecular complexity index is 1550. The zero-order valence-corrected chi connectivity index (χ0v) is 31.2. The van der Waals surface area contributed by atoms with Crippen LogP contribution in [0.2, 0.25) is 10.3 Å². The Morgan fingerprint density at radius 1 is 0.577 bits per heavy atom. The monoisotopic (exact) mass is 748 g/mol. The average Bonchev–Trinajstić information content (AvgIpc) is 3.19. The van der Waals surface area contributed by atoms with E-state index in [2.05, 4.69) is 19.9 Å². The van der Waals surface area contributed by atoms with E-state index in [1.807, 2.05) is 30.3 Å². The fraction of sp³-hybridized carbons (Fsp3) is 0.475. The quantitative estimate of drug-likeness (QED) is 0.175. The Labute approximate surface area is 317 Å². The highest BCUT2D eigenvalue weighted by Crippen LogP contribution is 2.25. The van der Waals surface area contributed by atoms with Crippen molar-refractivity contribution in [1.82, 2.24) is 19.9 Å². The summed E-state index contributed by atoms with van der Waals surface area (Å²) in [5.41, 5.74) is 6.83. The van der Waals surface area contributed by atoms with E-state index in [9.17, 15) is 0 Å². The number of rotatable bonds is 7. The molecule has 0 aliphatic heterocycles. The maximum Gasteiger partial charge on any atom is 0.140 e. The molecule has 0 saturated heterocycles. The summed E-state index contributed by atoms with van der Waals surface area (Å²) in [6.45, 7) is 0.490. The van der Waals surface area contributed by atoms with E-state index >= 15 is 0 Å². The first-order chi connectivity index (χ1) is 25.4. The van der Waals surface area contributed by atoms with E-state index in [4.69, 9.17) is 53.5 Å². The molecule has 10 nitrogen and oxygen atoms in total. The first kappa shape index (κ1) is 40.6. The topological polar surface area (TPSA) is 149 Å². The van der Waals surface area contributed by atoms with Gasteiger partial charge in [-0.3, -0.25) is 4.98 Å². The molecule has 0 amide bonds. The molecule has 52 heavy (non-hydrogen) atoms.